The third-order valence-electron chi connectivity index (χ3n) is 14.6. The largest absolute Gasteiger partial charge is 0.545 e. The predicted molar refractivity (Wildman–Crippen MR) is 302 cm³/mol. The summed E-state index contributed by atoms with van der Waals surface area (Å²) in [5.74, 6) is -2.26. The molecule has 0 saturated carbocycles. The summed E-state index contributed by atoms with van der Waals surface area (Å²) in [6.07, 6.45) is 60.8. The highest BCUT2D eigenvalue weighted by atomic mass is 16.7. The molecule has 0 spiro atoms. The molecule has 2 unspecified atom stereocenters. The van der Waals surface area contributed by atoms with E-state index in [1.807, 2.05) is 21.1 Å². The minimum Gasteiger partial charge on any atom is -0.545 e. The Morgan fingerprint density at radius 2 is 0.625 bits per heavy atom. The van der Waals surface area contributed by atoms with Crippen LogP contribution < -0.4 is 5.11 Å². The fourth-order valence-corrected chi connectivity index (χ4v) is 9.72. The van der Waals surface area contributed by atoms with Crippen LogP contribution in [-0.2, 0) is 33.3 Å². The number of hydrogen-bond donors (Lipinski definition) is 0. The number of carbonyl (C=O) groups excluding carboxylic acids is 3. The zero-order valence-corrected chi connectivity index (χ0v) is 48.8. The molecule has 0 bridgehead atoms. The van der Waals surface area contributed by atoms with Crippen LogP contribution in [-0.4, -0.2) is 82.3 Å². The highest BCUT2D eigenvalue weighted by Crippen LogP contribution is 2.19. The van der Waals surface area contributed by atoms with E-state index in [1.54, 1.807) is 0 Å². The van der Waals surface area contributed by atoms with E-state index in [0.29, 0.717) is 17.4 Å². The third-order valence-corrected chi connectivity index (χ3v) is 14.6. The van der Waals surface area contributed by atoms with Gasteiger partial charge in [0.2, 0.25) is 0 Å². The molecular formula is C63H123NO8. The van der Waals surface area contributed by atoms with Gasteiger partial charge < -0.3 is 33.3 Å². The van der Waals surface area contributed by atoms with E-state index in [-0.39, 0.29) is 32.2 Å². The normalized spacial score (nSPS) is 12.6. The number of carbonyl (C=O) groups is 3. The van der Waals surface area contributed by atoms with Crippen molar-refractivity contribution in [3.05, 3.63) is 0 Å². The summed E-state index contributed by atoms with van der Waals surface area (Å²) in [6.45, 7) is 4.78. The lowest BCUT2D eigenvalue weighted by Crippen LogP contribution is -2.44. The number of rotatable bonds is 60. The van der Waals surface area contributed by atoms with Gasteiger partial charge in [0, 0.05) is 12.8 Å². The van der Waals surface area contributed by atoms with E-state index in [2.05, 4.69) is 13.8 Å². The topological polar surface area (TPSA) is 111 Å². The molecule has 0 aliphatic heterocycles. The van der Waals surface area contributed by atoms with Crippen LogP contribution in [0.1, 0.15) is 328 Å². The SMILES string of the molecule is CCCCCCCCCCCCCCCCCCCCCCCCCCCCCCCCCCCCCCCCC(=O)OC(COC(=O)CCCCCCCCCCC)COC(OCC[N+](C)(C)C)C(=O)[O-]. The van der Waals surface area contributed by atoms with E-state index in [4.69, 9.17) is 18.9 Å². The lowest BCUT2D eigenvalue weighted by atomic mass is 10.0. The number of unbranched alkanes of at least 4 members (excludes halogenated alkanes) is 45. The van der Waals surface area contributed by atoms with Gasteiger partial charge in [-0.15, -0.1) is 0 Å². The van der Waals surface area contributed by atoms with Crippen molar-refractivity contribution in [2.45, 2.75) is 341 Å². The molecule has 0 amide bonds. The van der Waals surface area contributed by atoms with Crippen LogP contribution in [0.15, 0.2) is 0 Å². The van der Waals surface area contributed by atoms with Crippen molar-refractivity contribution in [3.63, 3.8) is 0 Å². The zero-order valence-electron chi connectivity index (χ0n) is 48.8. The Balaban J connectivity index is 3.82. The molecule has 0 N–H and O–H groups in total. The Hall–Kier alpha value is -1.71. The first kappa shape index (κ1) is 70.3. The van der Waals surface area contributed by atoms with E-state index >= 15 is 0 Å². The molecule has 0 aliphatic carbocycles. The number of ether oxygens (including phenoxy) is 4. The van der Waals surface area contributed by atoms with Crippen LogP contribution in [0.4, 0.5) is 0 Å². The van der Waals surface area contributed by atoms with Gasteiger partial charge in [-0.3, -0.25) is 9.59 Å². The number of esters is 2. The Bertz CT molecular complexity index is 1140. The molecule has 0 rings (SSSR count). The number of nitrogens with zero attached hydrogens (tertiary/aromatic N) is 1. The van der Waals surface area contributed by atoms with Crippen LogP contribution in [0.2, 0.25) is 0 Å². The molecule has 0 heterocycles. The van der Waals surface area contributed by atoms with Crippen molar-refractivity contribution in [2.75, 3.05) is 47.5 Å². The summed E-state index contributed by atoms with van der Waals surface area (Å²) in [5, 5.41) is 11.7. The fraction of sp³-hybridized carbons (Fsp3) is 0.952. The molecule has 0 radical (unpaired) electrons. The standard InChI is InChI=1S/C63H123NO8/c1-6-8-10-12-14-16-17-18-19-20-21-22-23-24-25-26-27-28-29-30-31-32-33-34-35-36-37-38-39-40-41-42-43-44-46-48-50-52-54-61(66)72-59(58-71-63(62(67)68)69-56-55-64(3,4)5)57-70-60(65)53-51-49-47-45-15-13-11-9-7-2/h59,63H,6-58H2,1-5H3. The van der Waals surface area contributed by atoms with Gasteiger partial charge >= 0.3 is 11.9 Å². The molecule has 0 aliphatic rings. The quantitative estimate of drug-likeness (QED) is 0.0256. The minimum atomic E-state index is -1.61. The second kappa shape index (κ2) is 55.5. The maximum absolute atomic E-state index is 12.8. The minimum absolute atomic E-state index is 0.153. The van der Waals surface area contributed by atoms with Crippen molar-refractivity contribution in [1.82, 2.24) is 0 Å². The smallest absolute Gasteiger partial charge is 0.306 e. The number of quaternary nitrogens is 1. The van der Waals surface area contributed by atoms with Gasteiger partial charge in [0.25, 0.3) is 0 Å². The van der Waals surface area contributed by atoms with Crippen LogP contribution in [0.25, 0.3) is 0 Å². The lowest BCUT2D eigenvalue weighted by Gasteiger charge is -2.26. The maximum Gasteiger partial charge on any atom is 0.306 e. The van der Waals surface area contributed by atoms with E-state index in [9.17, 15) is 19.5 Å². The fourth-order valence-electron chi connectivity index (χ4n) is 9.72. The maximum atomic E-state index is 12.8. The molecule has 9 nitrogen and oxygen atoms in total. The average molecular weight is 1020 g/mol. The first-order valence-electron chi connectivity index (χ1n) is 31.7. The highest BCUT2D eigenvalue weighted by Gasteiger charge is 2.22. The van der Waals surface area contributed by atoms with Crippen LogP contribution in [0.3, 0.4) is 0 Å². The number of likely N-dealkylation sites (N-methyl/N-ethyl adjacent to an activating group) is 1. The monoisotopic (exact) mass is 1020 g/mol. The summed E-state index contributed by atoms with van der Waals surface area (Å²) in [4.78, 5) is 37.1. The number of hydrogen-bond acceptors (Lipinski definition) is 8. The van der Waals surface area contributed by atoms with Gasteiger partial charge in [0.05, 0.1) is 40.3 Å². The molecule has 0 aromatic heterocycles. The van der Waals surface area contributed by atoms with Gasteiger partial charge in [-0.2, -0.15) is 0 Å². The molecule has 0 aromatic rings. The Kier molecular flexibility index (Phi) is 54.2. The van der Waals surface area contributed by atoms with Gasteiger partial charge in [-0.25, -0.2) is 0 Å². The number of carboxylic acid groups (broad SMARTS) is 1. The van der Waals surface area contributed by atoms with E-state index in [0.717, 1.165) is 38.5 Å². The number of carboxylic acids is 1. The first-order chi connectivity index (χ1) is 35.1. The molecule has 428 valence electrons. The van der Waals surface area contributed by atoms with Crippen molar-refractivity contribution < 1.29 is 42.9 Å². The van der Waals surface area contributed by atoms with Gasteiger partial charge in [0.1, 0.15) is 13.2 Å². The Morgan fingerprint density at radius 3 is 0.889 bits per heavy atom. The predicted octanol–water partition coefficient (Wildman–Crippen LogP) is 17.4. The second-order valence-electron chi connectivity index (χ2n) is 23.1. The van der Waals surface area contributed by atoms with Crippen molar-refractivity contribution in [1.29, 1.82) is 0 Å². The third kappa shape index (κ3) is 56.0. The van der Waals surface area contributed by atoms with E-state index in [1.165, 1.54) is 263 Å². The summed E-state index contributed by atoms with van der Waals surface area (Å²) in [6, 6.07) is 0. The Morgan fingerprint density at radius 1 is 0.361 bits per heavy atom. The summed E-state index contributed by atoms with van der Waals surface area (Å²) < 4.78 is 22.6. The first-order valence-corrected chi connectivity index (χ1v) is 31.7. The average Bonchev–Trinajstić information content (AvgIpc) is 3.35. The van der Waals surface area contributed by atoms with Crippen molar-refractivity contribution in [3.8, 4) is 0 Å². The molecule has 72 heavy (non-hydrogen) atoms. The summed E-state index contributed by atoms with van der Waals surface area (Å²) in [7, 11) is 5.93. The van der Waals surface area contributed by atoms with Crippen LogP contribution in [0, 0.1) is 0 Å². The summed E-state index contributed by atoms with van der Waals surface area (Å²) in [5.41, 5.74) is 0. The van der Waals surface area contributed by atoms with E-state index < -0.39 is 24.3 Å². The highest BCUT2D eigenvalue weighted by molar-refractivity contribution is 5.70. The van der Waals surface area contributed by atoms with Gasteiger partial charge in [-0.1, -0.05) is 303 Å². The molecule has 0 saturated heterocycles. The summed E-state index contributed by atoms with van der Waals surface area (Å²) >= 11 is 0. The molecular weight excluding hydrogens is 899 g/mol. The molecule has 0 aromatic carbocycles. The molecule has 9 heteroatoms. The number of aliphatic carboxylic acids is 1. The molecule has 2 atom stereocenters. The lowest BCUT2D eigenvalue weighted by molar-refractivity contribution is -0.870. The zero-order chi connectivity index (χ0) is 52.7. The Labute approximate surface area is 447 Å². The van der Waals surface area contributed by atoms with Gasteiger partial charge in [0.15, 0.2) is 12.4 Å². The molecule has 0 fully saturated rings. The van der Waals surface area contributed by atoms with Crippen LogP contribution in [0.5, 0.6) is 0 Å². The van der Waals surface area contributed by atoms with Crippen molar-refractivity contribution >= 4 is 17.9 Å². The van der Waals surface area contributed by atoms with Crippen molar-refractivity contribution in [2.24, 2.45) is 0 Å². The second-order valence-corrected chi connectivity index (χ2v) is 23.1. The van der Waals surface area contributed by atoms with Crippen LogP contribution >= 0.6 is 0 Å². The van der Waals surface area contributed by atoms with Gasteiger partial charge in [-0.05, 0) is 12.8 Å².